The van der Waals surface area contributed by atoms with Crippen molar-refractivity contribution in [2.24, 2.45) is 5.73 Å². The van der Waals surface area contributed by atoms with Crippen molar-refractivity contribution in [2.45, 2.75) is 24.9 Å². The molecule has 0 atom stereocenters. The van der Waals surface area contributed by atoms with Gasteiger partial charge in [-0.2, -0.15) is 0 Å². The number of hydrogen-bond acceptors (Lipinski definition) is 2. The number of carbonyl (C=O) groups is 1. The summed E-state index contributed by atoms with van der Waals surface area (Å²) in [6.07, 6.45) is 1.06. The van der Waals surface area contributed by atoms with Crippen LogP contribution in [-0.4, -0.2) is 12.2 Å². The normalized spacial score (nSPS) is 21.0. The Labute approximate surface area is 118 Å². The Bertz CT molecular complexity index is 586. The number of nitrogens with two attached hydrogens (primary N) is 1. The standard InChI is InChI=1S/C17H17NO2/c18-17(19)20-16-10-15(11-16)14-8-6-13(7-9-14)12-4-2-1-3-5-12/h1-9,15-16H,10-11H2,(H2,18,19). The molecule has 0 saturated heterocycles. The van der Waals surface area contributed by atoms with Crippen molar-refractivity contribution >= 4 is 6.09 Å². The zero-order valence-corrected chi connectivity index (χ0v) is 11.2. The third-order valence-corrected chi connectivity index (χ3v) is 3.87. The minimum atomic E-state index is -0.673. The molecule has 0 heterocycles. The number of rotatable bonds is 3. The van der Waals surface area contributed by atoms with E-state index in [0.717, 1.165) is 12.8 Å². The predicted molar refractivity (Wildman–Crippen MR) is 78.3 cm³/mol. The molecule has 0 aromatic heterocycles. The zero-order chi connectivity index (χ0) is 13.9. The van der Waals surface area contributed by atoms with Gasteiger partial charge in [-0.3, -0.25) is 0 Å². The third-order valence-electron chi connectivity index (χ3n) is 3.87. The van der Waals surface area contributed by atoms with Crippen molar-refractivity contribution in [1.82, 2.24) is 0 Å². The minimum Gasteiger partial charge on any atom is -0.446 e. The summed E-state index contributed by atoms with van der Waals surface area (Å²) >= 11 is 0. The summed E-state index contributed by atoms with van der Waals surface area (Å²) in [5, 5.41) is 0. The van der Waals surface area contributed by atoms with Crippen molar-refractivity contribution in [3.8, 4) is 11.1 Å². The monoisotopic (exact) mass is 267 g/mol. The molecule has 2 aromatic carbocycles. The molecule has 3 heteroatoms. The summed E-state index contributed by atoms with van der Waals surface area (Å²) < 4.78 is 4.97. The molecule has 102 valence electrons. The number of hydrogen-bond donors (Lipinski definition) is 1. The topological polar surface area (TPSA) is 52.3 Å². The van der Waals surface area contributed by atoms with Gasteiger partial charge in [0.15, 0.2) is 0 Å². The van der Waals surface area contributed by atoms with E-state index in [1.165, 1.54) is 16.7 Å². The maximum atomic E-state index is 10.6. The van der Waals surface area contributed by atoms with Gasteiger partial charge in [0.25, 0.3) is 0 Å². The van der Waals surface area contributed by atoms with Gasteiger partial charge in [0.1, 0.15) is 6.10 Å². The molecule has 1 amide bonds. The zero-order valence-electron chi connectivity index (χ0n) is 11.2. The number of primary amides is 1. The van der Waals surface area contributed by atoms with E-state index in [9.17, 15) is 4.79 Å². The largest absolute Gasteiger partial charge is 0.446 e. The Balaban J connectivity index is 1.65. The highest BCUT2D eigenvalue weighted by Crippen LogP contribution is 2.39. The molecule has 20 heavy (non-hydrogen) atoms. The number of benzene rings is 2. The highest BCUT2D eigenvalue weighted by molar-refractivity contribution is 5.65. The van der Waals surface area contributed by atoms with E-state index in [0.29, 0.717) is 5.92 Å². The van der Waals surface area contributed by atoms with Crippen LogP contribution >= 0.6 is 0 Å². The van der Waals surface area contributed by atoms with Gasteiger partial charge in [0.2, 0.25) is 0 Å². The van der Waals surface area contributed by atoms with E-state index < -0.39 is 6.09 Å². The second-order valence-corrected chi connectivity index (χ2v) is 5.22. The average molecular weight is 267 g/mol. The predicted octanol–water partition coefficient (Wildman–Crippen LogP) is 3.69. The number of amides is 1. The van der Waals surface area contributed by atoms with Crippen LogP contribution in [0, 0.1) is 0 Å². The molecule has 0 unspecified atom stereocenters. The van der Waals surface area contributed by atoms with Crippen LogP contribution in [0.25, 0.3) is 11.1 Å². The first-order chi connectivity index (χ1) is 9.72. The van der Waals surface area contributed by atoms with Gasteiger partial charge in [0, 0.05) is 0 Å². The van der Waals surface area contributed by atoms with Gasteiger partial charge in [-0.15, -0.1) is 0 Å². The third kappa shape index (κ3) is 2.67. The maximum absolute atomic E-state index is 10.6. The average Bonchev–Trinajstić information content (AvgIpc) is 2.43. The molecular formula is C17H17NO2. The van der Waals surface area contributed by atoms with Gasteiger partial charge in [-0.25, -0.2) is 4.79 Å². The Morgan fingerprint density at radius 1 is 0.950 bits per heavy atom. The minimum absolute atomic E-state index is 0.00806. The fraction of sp³-hybridized carbons (Fsp3) is 0.235. The second kappa shape index (κ2) is 5.37. The van der Waals surface area contributed by atoms with Crippen molar-refractivity contribution in [3.63, 3.8) is 0 Å². The quantitative estimate of drug-likeness (QED) is 0.922. The fourth-order valence-electron chi connectivity index (χ4n) is 2.68. The maximum Gasteiger partial charge on any atom is 0.404 e. The van der Waals surface area contributed by atoms with Crippen molar-refractivity contribution in [3.05, 3.63) is 60.2 Å². The first kappa shape index (κ1) is 12.7. The van der Waals surface area contributed by atoms with E-state index in [1.54, 1.807) is 0 Å². The summed E-state index contributed by atoms with van der Waals surface area (Å²) in [5.41, 5.74) is 8.76. The molecule has 3 nitrogen and oxygen atoms in total. The Morgan fingerprint density at radius 3 is 2.15 bits per heavy atom. The summed E-state index contributed by atoms with van der Waals surface area (Å²) in [7, 11) is 0. The van der Waals surface area contributed by atoms with Crippen LogP contribution in [0.3, 0.4) is 0 Å². The summed E-state index contributed by atoms with van der Waals surface area (Å²) in [6.45, 7) is 0. The molecule has 0 radical (unpaired) electrons. The van der Waals surface area contributed by atoms with Gasteiger partial charge >= 0.3 is 6.09 Å². The van der Waals surface area contributed by atoms with E-state index in [-0.39, 0.29) is 6.10 Å². The summed E-state index contributed by atoms with van der Waals surface area (Å²) in [4.78, 5) is 10.6. The molecule has 1 aliphatic rings. The molecule has 0 aliphatic heterocycles. The van der Waals surface area contributed by atoms with Gasteiger partial charge < -0.3 is 10.5 Å². The van der Waals surface area contributed by atoms with Crippen LogP contribution in [0.4, 0.5) is 4.79 Å². The van der Waals surface area contributed by atoms with E-state index >= 15 is 0 Å². The molecule has 2 aromatic rings. The molecule has 1 fully saturated rings. The Kier molecular flexibility index (Phi) is 3.42. The summed E-state index contributed by atoms with van der Waals surface area (Å²) in [6, 6.07) is 18.9. The molecule has 2 N–H and O–H groups in total. The van der Waals surface area contributed by atoms with Crippen molar-refractivity contribution in [2.75, 3.05) is 0 Å². The second-order valence-electron chi connectivity index (χ2n) is 5.22. The van der Waals surface area contributed by atoms with Gasteiger partial charge in [-0.1, -0.05) is 54.6 Å². The Hall–Kier alpha value is -2.29. The van der Waals surface area contributed by atoms with E-state index in [1.807, 2.05) is 18.2 Å². The van der Waals surface area contributed by atoms with Crippen LogP contribution in [0.1, 0.15) is 24.3 Å². The summed E-state index contributed by atoms with van der Waals surface area (Å²) in [5.74, 6) is 0.476. The van der Waals surface area contributed by atoms with Crippen LogP contribution in [0.15, 0.2) is 54.6 Å². The molecule has 0 bridgehead atoms. The van der Waals surface area contributed by atoms with Crippen LogP contribution in [0.2, 0.25) is 0 Å². The Morgan fingerprint density at radius 2 is 1.55 bits per heavy atom. The number of ether oxygens (including phenoxy) is 1. The van der Waals surface area contributed by atoms with Gasteiger partial charge in [0.05, 0.1) is 0 Å². The SMILES string of the molecule is NC(=O)OC1CC(c2ccc(-c3ccccc3)cc2)C1. The smallest absolute Gasteiger partial charge is 0.404 e. The van der Waals surface area contributed by atoms with Crippen LogP contribution in [-0.2, 0) is 4.74 Å². The lowest BCUT2D eigenvalue weighted by Crippen LogP contribution is -2.33. The van der Waals surface area contributed by atoms with Crippen molar-refractivity contribution in [1.29, 1.82) is 0 Å². The number of carbonyl (C=O) groups excluding carboxylic acids is 1. The molecule has 1 saturated carbocycles. The highest BCUT2D eigenvalue weighted by atomic mass is 16.6. The van der Waals surface area contributed by atoms with Gasteiger partial charge in [-0.05, 0) is 35.4 Å². The van der Waals surface area contributed by atoms with Crippen LogP contribution < -0.4 is 5.73 Å². The molecule has 0 spiro atoms. The molecule has 1 aliphatic carbocycles. The first-order valence-electron chi connectivity index (χ1n) is 6.84. The highest BCUT2D eigenvalue weighted by Gasteiger charge is 2.32. The lowest BCUT2D eigenvalue weighted by molar-refractivity contribution is 0.0454. The molecular weight excluding hydrogens is 250 g/mol. The fourth-order valence-corrected chi connectivity index (χ4v) is 2.68. The first-order valence-corrected chi connectivity index (χ1v) is 6.84. The molecule has 3 rings (SSSR count). The van der Waals surface area contributed by atoms with E-state index in [4.69, 9.17) is 10.5 Å². The van der Waals surface area contributed by atoms with E-state index in [2.05, 4.69) is 36.4 Å². The lowest BCUT2D eigenvalue weighted by Gasteiger charge is -2.34. The lowest BCUT2D eigenvalue weighted by atomic mass is 9.77. The van der Waals surface area contributed by atoms with Crippen molar-refractivity contribution < 1.29 is 9.53 Å². The van der Waals surface area contributed by atoms with Crippen LogP contribution in [0.5, 0.6) is 0 Å².